The predicted molar refractivity (Wildman–Crippen MR) is 71.2 cm³/mol. The first kappa shape index (κ1) is 16.6. The van der Waals surface area contributed by atoms with Gasteiger partial charge in [0, 0.05) is 18.2 Å². The molecule has 1 N–H and O–H groups in total. The van der Waals surface area contributed by atoms with Crippen LogP contribution in [0.1, 0.15) is 25.8 Å². The molecule has 0 aliphatic carbocycles. The van der Waals surface area contributed by atoms with E-state index >= 15 is 0 Å². The molecule has 0 saturated carbocycles. The Morgan fingerprint density at radius 3 is 2.50 bits per heavy atom. The summed E-state index contributed by atoms with van der Waals surface area (Å²) in [5.74, 6) is 0.723. The van der Waals surface area contributed by atoms with Crippen molar-refractivity contribution in [2.24, 2.45) is 0 Å². The first-order chi connectivity index (χ1) is 9.46. The van der Waals surface area contributed by atoms with Crippen molar-refractivity contribution in [2.75, 3.05) is 19.8 Å². The molecular weight excluding hydrogens is 271 g/mol. The molecule has 6 heteroatoms. The van der Waals surface area contributed by atoms with E-state index in [4.69, 9.17) is 9.47 Å². The maximum atomic E-state index is 12.3. The van der Waals surface area contributed by atoms with Crippen LogP contribution < -0.4 is 14.8 Å². The molecule has 1 rings (SSSR count). The van der Waals surface area contributed by atoms with Gasteiger partial charge >= 0.3 is 6.18 Å². The minimum atomic E-state index is -4.35. The summed E-state index contributed by atoms with van der Waals surface area (Å²) in [6.07, 6.45) is -3.52. The summed E-state index contributed by atoms with van der Waals surface area (Å²) in [5, 5.41) is 3.06. The first-order valence-corrected chi connectivity index (χ1v) is 6.62. The Balaban J connectivity index is 2.81. The van der Waals surface area contributed by atoms with E-state index in [1.165, 1.54) is 6.07 Å². The van der Waals surface area contributed by atoms with Crippen molar-refractivity contribution in [1.82, 2.24) is 5.32 Å². The fourth-order valence-corrected chi connectivity index (χ4v) is 1.54. The lowest BCUT2D eigenvalue weighted by Crippen LogP contribution is -2.20. The van der Waals surface area contributed by atoms with Crippen LogP contribution in [-0.4, -0.2) is 25.9 Å². The van der Waals surface area contributed by atoms with E-state index in [1.54, 1.807) is 12.1 Å². The number of halogens is 3. The quantitative estimate of drug-likeness (QED) is 0.795. The molecule has 0 aliphatic rings. The van der Waals surface area contributed by atoms with Gasteiger partial charge in [0.05, 0.1) is 6.61 Å². The fraction of sp³-hybridized carbons (Fsp3) is 0.571. The first-order valence-electron chi connectivity index (χ1n) is 6.62. The van der Waals surface area contributed by atoms with E-state index in [0.717, 1.165) is 13.0 Å². The minimum Gasteiger partial charge on any atom is -0.493 e. The molecular formula is C14H20F3NO2. The minimum absolute atomic E-state index is 0.205. The molecule has 0 aliphatic heterocycles. The summed E-state index contributed by atoms with van der Waals surface area (Å²) in [7, 11) is 0. The lowest BCUT2D eigenvalue weighted by Gasteiger charge is -2.15. The summed E-state index contributed by atoms with van der Waals surface area (Å²) in [5.41, 5.74) is 0.681. The molecule has 1 aromatic rings. The highest BCUT2D eigenvalue weighted by molar-refractivity contribution is 5.40. The molecule has 3 nitrogen and oxygen atoms in total. The second-order valence-electron chi connectivity index (χ2n) is 4.30. The molecule has 0 radical (unpaired) electrons. The topological polar surface area (TPSA) is 30.5 Å². The van der Waals surface area contributed by atoms with Crippen molar-refractivity contribution in [1.29, 1.82) is 0 Å². The molecule has 114 valence electrons. The van der Waals surface area contributed by atoms with Crippen molar-refractivity contribution >= 4 is 0 Å². The molecule has 0 saturated heterocycles. The van der Waals surface area contributed by atoms with Crippen LogP contribution in [-0.2, 0) is 6.54 Å². The molecule has 0 heterocycles. The summed E-state index contributed by atoms with van der Waals surface area (Å²) >= 11 is 0. The van der Waals surface area contributed by atoms with E-state index < -0.39 is 12.8 Å². The average Bonchev–Trinajstić information content (AvgIpc) is 2.40. The van der Waals surface area contributed by atoms with E-state index in [1.807, 2.05) is 13.8 Å². The van der Waals surface area contributed by atoms with Crippen LogP contribution in [0.25, 0.3) is 0 Å². The lowest BCUT2D eigenvalue weighted by molar-refractivity contribution is -0.153. The second-order valence-corrected chi connectivity index (χ2v) is 4.30. The van der Waals surface area contributed by atoms with Crippen LogP contribution in [0.2, 0.25) is 0 Å². The van der Waals surface area contributed by atoms with Crippen LogP contribution in [0.5, 0.6) is 11.5 Å². The molecule has 0 aromatic heterocycles. The maximum Gasteiger partial charge on any atom is 0.422 e. The van der Waals surface area contributed by atoms with Crippen LogP contribution in [0, 0.1) is 0 Å². The normalized spacial score (nSPS) is 11.4. The van der Waals surface area contributed by atoms with Gasteiger partial charge in [0.15, 0.2) is 6.61 Å². The molecule has 0 amide bonds. The van der Waals surface area contributed by atoms with Crippen molar-refractivity contribution in [2.45, 2.75) is 33.0 Å². The van der Waals surface area contributed by atoms with E-state index in [2.05, 4.69) is 5.32 Å². The molecule has 0 unspecified atom stereocenters. The van der Waals surface area contributed by atoms with Gasteiger partial charge in [-0.3, -0.25) is 0 Å². The van der Waals surface area contributed by atoms with Crippen LogP contribution >= 0.6 is 0 Å². The van der Waals surface area contributed by atoms with Gasteiger partial charge in [-0.05, 0) is 19.0 Å². The summed E-state index contributed by atoms with van der Waals surface area (Å²) in [4.78, 5) is 0. The van der Waals surface area contributed by atoms with Gasteiger partial charge in [-0.15, -0.1) is 0 Å². The molecule has 0 spiro atoms. The monoisotopic (exact) mass is 291 g/mol. The summed E-state index contributed by atoms with van der Waals surface area (Å²) in [6.45, 7) is 4.29. The van der Waals surface area contributed by atoms with Gasteiger partial charge in [0.25, 0.3) is 0 Å². The number of alkyl halides is 3. The largest absolute Gasteiger partial charge is 0.493 e. The highest BCUT2D eigenvalue weighted by Gasteiger charge is 2.28. The van der Waals surface area contributed by atoms with Crippen molar-refractivity contribution in [3.8, 4) is 11.5 Å². The average molecular weight is 291 g/mol. The Hall–Kier alpha value is -1.43. The molecule has 20 heavy (non-hydrogen) atoms. The third-order valence-electron chi connectivity index (χ3n) is 2.47. The lowest BCUT2D eigenvalue weighted by atomic mass is 10.2. The van der Waals surface area contributed by atoms with Gasteiger partial charge < -0.3 is 14.8 Å². The standard InChI is InChI=1S/C14H20F3NO2/c1-3-7-19-12-6-5-11(9-18-4-2)13(8-12)20-10-14(15,16)17/h5-6,8,18H,3-4,7,9-10H2,1-2H3. The number of benzene rings is 1. The third kappa shape index (κ3) is 6.14. The van der Waals surface area contributed by atoms with Crippen molar-refractivity contribution in [3.05, 3.63) is 23.8 Å². The van der Waals surface area contributed by atoms with Crippen LogP contribution in [0.15, 0.2) is 18.2 Å². The van der Waals surface area contributed by atoms with Crippen LogP contribution in [0.3, 0.4) is 0 Å². The smallest absolute Gasteiger partial charge is 0.422 e. The third-order valence-corrected chi connectivity index (χ3v) is 2.47. The Bertz CT molecular complexity index is 408. The highest BCUT2D eigenvalue weighted by Crippen LogP contribution is 2.27. The highest BCUT2D eigenvalue weighted by atomic mass is 19.4. The number of nitrogens with one attached hydrogen (secondary N) is 1. The number of rotatable bonds is 8. The molecule has 0 bridgehead atoms. The van der Waals surface area contributed by atoms with E-state index in [0.29, 0.717) is 24.5 Å². The van der Waals surface area contributed by atoms with Gasteiger partial charge in [0.2, 0.25) is 0 Å². The molecule has 1 aromatic carbocycles. The SMILES string of the molecule is CCCOc1ccc(CNCC)c(OCC(F)(F)F)c1. The Morgan fingerprint density at radius 1 is 1.15 bits per heavy atom. The van der Waals surface area contributed by atoms with E-state index in [-0.39, 0.29) is 5.75 Å². The van der Waals surface area contributed by atoms with Gasteiger partial charge in [-0.2, -0.15) is 13.2 Å². The number of hydrogen-bond donors (Lipinski definition) is 1. The Kier molecular flexibility index (Phi) is 6.64. The Labute approximate surface area is 117 Å². The Morgan fingerprint density at radius 2 is 1.90 bits per heavy atom. The number of hydrogen-bond acceptors (Lipinski definition) is 3. The molecule has 0 atom stereocenters. The van der Waals surface area contributed by atoms with Crippen LogP contribution in [0.4, 0.5) is 13.2 Å². The zero-order chi connectivity index (χ0) is 15.0. The summed E-state index contributed by atoms with van der Waals surface area (Å²) < 4.78 is 47.0. The fourth-order valence-electron chi connectivity index (χ4n) is 1.54. The molecule has 0 fully saturated rings. The van der Waals surface area contributed by atoms with Crippen molar-refractivity contribution in [3.63, 3.8) is 0 Å². The van der Waals surface area contributed by atoms with Gasteiger partial charge in [-0.25, -0.2) is 0 Å². The second kappa shape index (κ2) is 7.99. The maximum absolute atomic E-state index is 12.3. The van der Waals surface area contributed by atoms with Gasteiger partial charge in [0.1, 0.15) is 11.5 Å². The predicted octanol–water partition coefficient (Wildman–Crippen LogP) is 3.53. The zero-order valence-corrected chi connectivity index (χ0v) is 11.7. The number of ether oxygens (including phenoxy) is 2. The summed E-state index contributed by atoms with van der Waals surface area (Å²) in [6, 6.07) is 4.97. The van der Waals surface area contributed by atoms with Crippen molar-refractivity contribution < 1.29 is 22.6 Å². The van der Waals surface area contributed by atoms with Gasteiger partial charge in [-0.1, -0.05) is 19.9 Å². The van der Waals surface area contributed by atoms with E-state index in [9.17, 15) is 13.2 Å². The zero-order valence-electron chi connectivity index (χ0n) is 11.7.